The average molecular weight is 235 g/mol. The Hall–Kier alpha value is -1.02. The quantitative estimate of drug-likeness (QED) is 0.817. The maximum atomic E-state index is 9.45. The summed E-state index contributed by atoms with van der Waals surface area (Å²) in [6.07, 6.45) is 1.19. The van der Waals surface area contributed by atoms with Gasteiger partial charge in [0.05, 0.1) is 6.61 Å². The zero-order valence-corrected chi connectivity index (χ0v) is 11.5. The van der Waals surface area contributed by atoms with Crippen LogP contribution in [0.2, 0.25) is 0 Å². The topological polar surface area (TPSA) is 23.5 Å². The van der Waals surface area contributed by atoms with Gasteiger partial charge in [-0.3, -0.25) is 0 Å². The third kappa shape index (κ3) is 3.74. The number of aryl methyl sites for hydroxylation is 1. The molecule has 1 unspecified atom stereocenters. The largest absolute Gasteiger partial charge is 0.392 e. The van der Waals surface area contributed by atoms with Crippen molar-refractivity contribution in [2.45, 2.75) is 40.7 Å². The minimum atomic E-state index is 0.119. The normalized spacial score (nSPS) is 12.5. The molecule has 0 heterocycles. The van der Waals surface area contributed by atoms with Crippen molar-refractivity contribution in [2.75, 3.05) is 18.0 Å². The highest BCUT2D eigenvalue weighted by Gasteiger charge is 2.11. The number of aliphatic hydroxyl groups is 1. The van der Waals surface area contributed by atoms with Crippen molar-refractivity contribution in [3.05, 3.63) is 29.3 Å². The molecule has 0 bridgehead atoms. The van der Waals surface area contributed by atoms with E-state index in [0.717, 1.165) is 18.7 Å². The highest BCUT2D eigenvalue weighted by molar-refractivity contribution is 5.54. The highest BCUT2D eigenvalue weighted by Crippen LogP contribution is 2.23. The first-order valence-corrected chi connectivity index (χ1v) is 6.57. The minimum absolute atomic E-state index is 0.119. The summed E-state index contributed by atoms with van der Waals surface area (Å²) in [4.78, 5) is 2.36. The molecule has 0 fully saturated rings. The van der Waals surface area contributed by atoms with Gasteiger partial charge in [-0.1, -0.05) is 38.0 Å². The molecule has 0 amide bonds. The molecule has 0 saturated heterocycles. The molecule has 0 aliphatic heterocycles. The van der Waals surface area contributed by atoms with Crippen LogP contribution in [0.25, 0.3) is 0 Å². The van der Waals surface area contributed by atoms with Crippen molar-refractivity contribution in [1.29, 1.82) is 0 Å². The Kier molecular flexibility index (Phi) is 5.49. The van der Waals surface area contributed by atoms with Gasteiger partial charge < -0.3 is 10.0 Å². The molecular weight excluding hydrogens is 210 g/mol. The summed E-state index contributed by atoms with van der Waals surface area (Å²) in [5.74, 6) is 0.683. The molecule has 2 nitrogen and oxygen atoms in total. The lowest BCUT2D eigenvalue weighted by molar-refractivity contribution is 0.282. The van der Waals surface area contributed by atoms with Crippen molar-refractivity contribution in [3.63, 3.8) is 0 Å². The van der Waals surface area contributed by atoms with E-state index in [4.69, 9.17) is 0 Å². The fourth-order valence-corrected chi connectivity index (χ4v) is 2.05. The summed E-state index contributed by atoms with van der Waals surface area (Å²) in [7, 11) is 0. The molecule has 96 valence electrons. The van der Waals surface area contributed by atoms with Crippen molar-refractivity contribution < 1.29 is 5.11 Å². The van der Waals surface area contributed by atoms with Gasteiger partial charge in [0.15, 0.2) is 0 Å². The molecule has 1 aromatic rings. The number of hydrogen-bond acceptors (Lipinski definition) is 2. The van der Waals surface area contributed by atoms with Crippen LogP contribution in [-0.4, -0.2) is 18.2 Å². The predicted octanol–water partition coefficient (Wildman–Crippen LogP) is 3.36. The van der Waals surface area contributed by atoms with Crippen LogP contribution in [0.3, 0.4) is 0 Å². The molecule has 0 saturated carbocycles. The molecule has 0 aliphatic carbocycles. The van der Waals surface area contributed by atoms with Gasteiger partial charge in [0.2, 0.25) is 0 Å². The lowest BCUT2D eigenvalue weighted by atomic mass is 10.1. The number of hydrogen-bond donors (Lipinski definition) is 1. The van der Waals surface area contributed by atoms with Crippen LogP contribution in [0, 0.1) is 12.8 Å². The van der Waals surface area contributed by atoms with Gasteiger partial charge >= 0.3 is 0 Å². The summed E-state index contributed by atoms with van der Waals surface area (Å²) in [5, 5.41) is 9.45. The van der Waals surface area contributed by atoms with Gasteiger partial charge in [0, 0.05) is 24.3 Å². The Bertz CT molecular complexity index is 349. The van der Waals surface area contributed by atoms with Crippen molar-refractivity contribution in [2.24, 2.45) is 5.92 Å². The van der Waals surface area contributed by atoms with Gasteiger partial charge in [-0.25, -0.2) is 0 Å². The van der Waals surface area contributed by atoms with E-state index in [0.29, 0.717) is 5.92 Å². The Labute approximate surface area is 105 Å². The molecule has 0 aliphatic rings. The van der Waals surface area contributed by atoms with Crippen LogP contribution in [0.15, 0.2) is 18.2 Å². The Morgan fingerprint density at radius 2 is 2.00 bits per heavy atom. The van der Waals surface area contributed by atoms with Gasteiger partial charge in [0.1, 0.15) is 0 Å². The first kappa shape index (κ1) is 14.0. The van der Waals surface area contributed by atoms with Crippen molar-refractivity contribution in [3.8, 4) is 0 Å². The fourth-order valence-electron chi connectivity index (χ4n) is 2.05. The highest BCUT2D eigenvalue weighted by atomic mass is 16.3. The van der Waals surface area contributed by atoms with E-state index in [2.05, 4.69) is 50.8 Å². The van der Waals surface area contributed by atoms with E-state index in [1.807, 2.05) is 0 Å². The third-order valence-corrected chi connectivity index (χ3v) is 3.36. The maximum absolute atomic E-state index is 9.45. The summed E-state index contributed by atoms with van der Waals surface area (Å²) >= 11 is 0. The zero-order chi connectivity index (χ0) is 12.8. The zero-order valence-electron chi connectivity index (χ0n) is 11.5. The van der Waals surface area contributed by atoms with Crippen molar-refractivity contribution in [1.82, 2.24) is 0 Å². The van der Waals surface area contributed by atoms with Crippen LogP contribution >= 0.6 is 0 Å². The summed E-state index contributed by atoms with van der Waals surface area (Å²) in [5.41, 5.74) is 3.42. The van der Waals surface area contributed by atoms with Crippen LogP contribution in [0.5, 0.6) is 0 Å². The van der Waals surface area contributed by atoms with E-state index in [9.17, 15) is 5.11 Å². The first-order chi connectivity index (χ1) is 8.12. The SMILES string of the molecule is CCC(C)CN(CC)c1ccc(C)cc1CO. The van der Waals surface area contributed by atoms with Gasteiger partial charge in [-0.05, 0) is 25.8 Å². The van der Waals surface area contributed by atoms with E-state index in [1.54, 1.807) is 0 Å². The molecule has 17 heavy (non-hydrogen) atoms. The van der Waals surface area contributed by atoms with E-state index in [1.165, 1.54) is 17.7 Å². The Morgan fingerprint density at radius 3 is 2.53 bits per heavy atom. The molecule has 2 heteroatoms. The smallest absolute Gasteiger partial charge is 0.0702 e. The number of benzene rings is 1. The average Bonchev–Trinajstić information content (AvgIpc) is 2.35. The van der Waals surface area contributed by atoms with Gasteiger partial charge in [-0.15, -0.1) is 0 Å². The summed E-state index contributed by atoms with van der Waals surface area (Å²) in [6, 6.07) is 6.33. The van der Waals surface area contributed by atoms with Crippen LogP contribution in [-0.2, 0) is 6.61 Å². The van der Waals surface area contributed by atoms with Crippen LogP contribution in [0.4, 0.5) is 5.69 Å². The maximum Gasteiger partial charge on any atom is 0.0702 e. The molecule has 0 radical (unpaired) electrons. The number of anilines is 1. The Balaban J connectivity index is 2.94. The second kappa shape index (κ2) is 6.65. The van der Waals surface area contributed by atoms with Crippen LogP contribution < -0.4 is 4.90 Å². The predicted molar refractivity (Wildman–Crippen MR) is 74.4 cm³/mol. The standard InChI is InChI=1S/C15H25NO/c1-5-12(3)10-16(6-2)15-8-7-13(4)9-14(15)11-17/h7-9,12,17H,5-6,10-11H2,1-4H3. The van der Waals surface area contributed by atoms with E-state index < -0.39 is 0 Å². The lowest BCUT2D eigenvalue weighted by Crippen LogP contribution is -2.29. The molecule has 0 aromatic heterocycles. The molecule has 1 aromatic carbocycles. The first-order valence-electron chi connectivity index (χ1n) is 6.57. The molecule has 1 rings (SSSR count). The second-order valence-corrected chi connectivity index (χ2v) is 4.84. The lowest BCUT2D eigenvalue weighted by Gasteiger charge is -2.28. The molecule has 0 spiro atoms. The monoisotopic (exact) mass is 235 g/mol. The summed E-state index contributed by atoms with van der Waals surface area (Å²) in [6.45, 7) is 10.9. The molecular formula is C15H25NO. The number of aliphatic hydroxyl groups excluding tert-OH is 1. The third-order valence-electron chi connectivity index (χ3n) is 3.36. The fraction of sp³-hybridized carbons (Fsp3) is 0.600. The summed E-state index contributed by atoms with van der Waals surface area (Å²) < 4.78 is 0. The number of nitrogens with zero attached hydrogens (tertiary/aromatic N) is 1. The minimum Gasteiger partial charge on any atom is -0.392 e. The number of rotatable bonds is 6. The molecule has 1 N–H and O–H groups in total. The van der Waals surface area contributed by atoms with E-state index in [-0.39, 0.29) is 6.61 Å². The van der Waals surface area contributed by atoms with Gasteiger partial charge in [0.25, 0.3) is 0 Å². The Morgan fingerprint density at radius 1 is 1.29 bits per heavy atom. The van der Waals surface area contributed by atoms with Gasteiger partial charge in [-0.2, -0.15) is 0 Å². The van der Waals surface area contributed by atoms with Crippen LogP contribution in [0.1, 0.15) is 38.3 Å². The second-order valence-electron chi connectivity index (χ2n) is 4.84. The van der Waals surface area contributed by atoms with E-state index >= 15 is 0 Å². The van der Waals surface area contributed by atoms with Crippen molar-refractivity contribution >= 4 is 5.69 Å². The molecule has 1 atom stereocenters.